The molecule has 0 fully saturated rings. The van der Waals surface area contributed by atoms with Crippen LogP contribution in [-0.2, 0) is 37.9 Å². The molecule has 0 unspecified atom stereocenters. The van der Waals surface area contributed by atoms with E-state index < -0.39 is 0 Å². The van der Waals surface area contributed by atoms with Crippen molar-refractivity contribution in [1.82, 2.24) is 0 Å². The minimum atomic E-state index is -0.206. The maximum Gasteiger partial charge on any atom is 0.252 e. The fraction of sp³-hybridized carbons (Fsp3) is 0.438. The minimum absolute atomic E-state index is 0.0540. The molecule has 2 nitrogen and oxygen atoms in total. The molecule has 6 aromatic carbocycles. The highest BCUT2D eigenvalue weighted by atomic mass is 15.2. The smallest absolute Gasteiger partial charge is 0.252 e. The molecular formula is C64H75BN2. The summed E-state index contributed by atoms with van der Waals surface area (Å²) >= 11 is 0. The average Bonchev–Trinajstić information content (AvgIpc) is 3.56. The van der Waals surface area contributed by atoms with Gasteiger partial charge < -0.3 is 9.80 Å². The topological polar surface area (TPSA) is 6.48 Å². The van der Waals surface area contributed by atoms with Crippen LogP contribution >= 0.6 is 0 Å². The van der Waals surface area contributed by atoms with E-state index in [1.165, 1.54) is 125 Å². The Labute approximate surface area is 404 Å². The quantitative estimate of drug-likeness (QED) is 0.163. The van der Waals surface area contributed by atoms with Crippen molar-refractivity contribution >= 4 is 57.2 Å². The molecule has 6 aromatic rings. The Balaban J connectivity index is 1.26. The van der Waals surface area contributed by atoms with Gasteiger partial charge in [-0.2, -0.15) is 0 Å². The molecule has 2 aliphatic heterocycles. The summed E-state index contributed by atoms with van der Waals surface area (Å²) in [6.07, 6.45) is 4.66. The number of anilines is 6. The summed E-state index contributed by atoms with van der Waals surface area (Å²) in [5.74, 6) is 0. The van der Waals surface area contributed by atoms with Crippen LogP contribution < -0.4 is 26.2 Å². The molecule has 3 aliphatic carbocycles. The highest BCUT2D eigenvalue weighted by Gasteiger charge is 2.50. The Hall–Kier alpha value is -5.02. The van der Waals surface area contributed by atoms with Crippen molar-refractivity contribution in [2.24, 2.45) is 0 Å². The lowest BCUT2D eigenvalue weighted by molar-refractivity contribution is 0.332. The van der Waals surface area contributed by atoms with Crippen molar-refractivity contribution in [3.05, 3.63) is 158 Å². The summed E-state index contributed by atoms with van der Waals surface area (Å²) in [6, 6.07) is 39.3. The van der Waals surface area contributed by atoms with Gasteiger partial charge in [-0.25, -0.2) is 0 Å². The molecule has 67 heavy (non-hydrogen) atoms. The maximum absolute atomic E-state index is 2.74. The highest BCUT2D eigenvalue weighted by molar-refractivity contribution is 7.00. The average molecular weight is 883 g/mol. The Bertz CT molecular complexity index is 3100. The standard InChI is InChI=1S/C64H75BN2/c1-38-29-54-57-55(30-38)67(51-34-47-44(31-39(51)2)61(10,11)36-62(47,12)13)53-35-46-45(58(4,5)27-28-59(46,6)7)33-49(53)65(57)48-25-23-42(64(16,17)41-21-19-18-20-22-41)32-52(48)66(54)50-26-24-43-56(40(50)3)63(14,15)37-60(43,8)9/h18-26,29-35H,27-28,36-37H2,1-17H3. The molecule has 0 bridgehead atoms. The summed E-state index contributed by atoms with van der Waals surface area (Å²) in [6.45, 7) is 41.7. The molecule has 0 radical (unpaired) electrons. The molecule has 344 valence electrons. The van der Waals surface area contributed by atoms with Crippen molar-refractivity contribution in [2.45, 2.75) is 181 Å². The van der Waals surface area contributed by atoms with Gasteiger partial charge in [0.25, 0.3) is 6.71 Å². The number of fused-ring (bicyclic) bond motifs is 7. The van der Waals surface area contributed by atoms with E-state index in [1.54, 1.807) is 0 Å². The summed E-state index contributed by atoms with van der Waals surface area (Å²) < 4.78 is 0. The van der Waals surface area contributed by atoms with Gasteiger partial charge in [0.15, 0.2) is 0 Å². The molecule has 0 atom stereocenters. The third-order valence-corrected chi connectivity index (χ3v) is 18.3. The molecule has 0 saturated heterocycles. The molecule has 0 saturated carbocycles. The first kappa shape index (κ1) is 44.5. The molecular weight excluding hydrogens is 808 g/mol. The van der Waals surface area contributed by atoms with Crippen LogP contribution in [0.3, 0.4) is 0 Å². The van der Waals surface area contributed by atoms with E-state index in [-0.39, 0.29) is 44.6 Å². The van der Waals surface area contributed by atoms with Crippen molar-refractivity contribution in [3.8, 4) is 0 Å². The fourth-order valence-electron chi connectivity index (χ4n) is 15.1. The molecule has 2 heterocycles. The zero-order valence-corrected chi connectivity index (χ0v) is 44.0. The van der Waals surface area contributed by atoms with Gasteiger partial charge in [-0.3, -0.25) is 0 Å². The van der Waals surface area contributed by atoms with Crippen molar-refractivity contribution in [1.29, 1.82) is 0 Å². The number of rotatable bonds is 4. The van der Waals surface area contributed by atoms with Crippen LogP contribution in [0.15, 0.2) is 97.1 Å². The van der Waals surface area contributed by atoms with E-state index in [1.807, 2.05) is 0 Å². The van der Waals surface area contributed by atoms with Crippen LogP contribution in [0.5, 0.6) is 0 Å². The first-order valence-electron chi connectivity index (χ1n) is 25.6. The van der Waals surface area contributed by atoms with Gasteiger partial charge in [0, 0.05) is 39.5 Å². The van der Waals surface area contributed by atoms with Crippen molar-refractivity contribution < 1.29 is 0 Å². The van der Waals surface area contributed by atoms with Gasteiger partial charge in [0.2, 0.25) is 0 Å². The zero-order valence-electron chi connectivity index (χ0n) is 44.0. The van der Waals surface area contributed by atoms with Gasteiger partial charge in [0.1, 0.15) is 0 Å². The molecule has 0 amide bonds. The Morgan fingerprint density at radius 3 is 1.60 bits per heavy atom. The SMILES string of the molecule is Cc1cc2c3c(c1)N(c1ccc4c(c1C)C(C)(C)CC4(C)C)c1cc(C(C)(C)c4ccccc4)ccc1B3c1cc3c(cc1N2c1cc2c(cc1C)C(C)(C)CC2(C)C)C(C)(C)CCC3(C)C. The lowest BCUT2D eigenvalue weighted by Crippen LogP contribution is -2.62. The van der Waals surface area contributed by atoms with Crippen LogP contribution in [0, 0.1) is 20.8 Å². The van der Waals surface area contributed by atoms with Gasteiger partial charge in [-0.1, -0.05) is 158 Å². The van der Waals surface area contributed by atoms with Crippen LogP contribution in [0.4, 0.5) is 34.1 Å². The van der Waals surface area contributed by atoms with Gasteiger partial charge >= 0.3 is 0 Å². The minimum Gasteiger partial charge on any atom is -0.311 e. The monoisotopic (exact) mass is 883 g/mol. The van der Waals surface area contributed by atoms with E-state index in [2.05, 4.69) is 225 Å². The van der Waals surface area contributed by atoms with Gasteiger partial charge in [0.05, 0.1) is 0 Å². The van der Waals surface area contributed by atoms with Gasteiger partial charge in [-0.05, 0) is 193 Å². The third-order valence-electron chi connectivity index (χ3n) is 18.3. The summed E-state index contributed by atoms with van der Waals surface area (Å²) in [4.78, 5) is 5.46. The highest BCUT2D eigenvalue weighted by Crippen LogP contribution is 2.57. The van der Waals surface area contributed by atoms with Crippen LogP contribution in [-0.4, -0.2) is 6.71 Å². The fourth-order valence-corrected chi connectivity index (χ4v) is 15.1. The predicted octanol–water partition coefficient (Wildman–Crippen LogP) is 15.3. The van der Waals surface area contributed by atoms with Crippen LogP contribution in [0.1, 0.15) is 184 Å². The molecule has 0 N–H and O–H groups in total. The molecule has 11 rings (SSSR count). The van der Waals surface area contributed by atoms with Crippen molar-refractivity contribution in [3.63, 3.8) is 0 Å². The summed E-state index contributed by atoms with van der Waals surface area (Å²) in [5, 5.41) is 0. The van der Waals surface area contributed by atoms with Crippen LogP contribution in [0.2, 0.25) is 0 Å². The lowest BCUT2D eigenvalue weighted by Gasteiger charge is -2.48. The Morgan fingerprint density at radius 2 is 0.955 bits per heavy atom. The maximum atomic E-state index is 2.74. The molecule has 5 aliphatic rings. The van der Waals surface area contributed by atoms with E-state index in [9.17, 15) is 0 Å². The normalized spacial score (nSPS) is 20.4. The molecule has 3 heteroatoms. The third kappa shape index (κ3) is 6.27. The first-order valence-corrected chi connectivity index (χ1v) is 25.6. The second kappa shape index (κ2) is 13.8. The van der Waals surface area contributed by atoms with E-state index in [4.69, 9.17) is 0 Å². The lowest BCUT2D eigenvalue weighted by atomic mass is 9.33. The van der Waals surface area contributed by atoms with E-state index >= 15 is 0 Å². The zero-order chi connectivity index (χ0) is 47.9. The first-order chi connectivity index (χ1) is 31.2. The number of nitrogens with zero attached hydrogens (tertiary/aromatic N) is 2. The van der Waals surface area contributed by atoms with Crippen LogP contribution in [0.25, 0.3) is 0 Å². The predicted molar refractivity (Wildman–Crippen MR) is 290 cm³/mol. The number of aryl methyl sites for hydroxylation is 2. The Kier molecular flexibility index (Phi) is 9.18. The number of hydrogen-bond donors (Lipinski definition) is 0. The Morgan fingerprint density at radius 1 is 0.433 bits per heavy atom. The van der Waals surface area contributed by atoms with Crippen molar-refractivity contribution in [2.75, 3.05) is 9.80 Å². The van der Waals surface area contributed by atoms with E-state index in [0.717, 1.165) is 12.8 Å². The number of benzene rings is 6. The summed E-state index contributed by atoms with van der Waals surface area (Å²) in [7, 11) is 0. The van der Waals surface area contributed by atoms with Gasteiger partial charge in [-0.15, -0.1) is 0 Å². The molecule has 0 spiro atoms. The second-order valence-electron chi connectivity index (χ2n) is 26.5. The second-order valence-corrected chi connectivity index (χ2v) is 26.5. The largest absolute Gasteiger partial charge is 0.311 e. The van der Waals surface area contributed by atoms with E-state index in [0.29, 0.717) is 0 Å². The number of hydrogen-bond acceptors (Lipinski definition) is 2. The molecule has 0 aromatic heterocycles. The summed E-state index contributed by atoms with van der Waals surface area (Å²) in [5.41, 5.74) is 28.3.